The number of hydrogen-bond acceptors (Lipinski definition) is 5. The summed E-state index contributed by atoms with van der Waals surface area (Å²) in [5.74, 6) is 0.123. The summed E-state index contributed by atoms with van der Waals surface area (Å²) in [6, 6.07) is 21.7. The maximum absolute atomic E-state index is 12.2. The van der Waals surface area contributed by atoms with Crippen LogP contribution in [0.5, 0.6) is 17.2 Å². The first kappa shape index (κ1) is 18.0. The number of esters is 1. The number of amides is 1. The second-order valence-corrected chi connectivity index (χ2v) is 5.61. The van der Waals surface area contributed by atoms with E-state index >= 15 is 0 Å². The maximum atomic E-state index is 12.2. The fraction of sp³-hybridized carbons (Fsp3) is 0.0476. The number of phenolic OH excluding ortho intramolecular Hbond substituents is 1. The molecule has 136 valence electrons. The second kappa shape index (κ2) is 8.53. The molecular formula is C21H17NO5. The predicted octanol–water partition coefficient (Wildman–Crippen LogP) is 3.98. The van der Waals surface area contributed by atoms with Crippen LogP contribution in [0.2, 0.25) is 0 Å². The van der Waals surface area contributed by atoms with Gasteiger partial charge in [0.25, 0.3) is 5.91 Å². The molecular weight excluding hydrogens is 346 g/mol. The van der Waals surface area contributed by atoms with Crippen LogP contribution in [0.4, 0.5) is 5.69 Å². The number of aromatic hydroxyl groups is 1. The quantitative estimate of drug-likeness (QED) is 0.511. The van der Waals surface area contributed by atoms with E-state index in [4.69, 9.17) is 9.47 Å². The molecule has 0 radical (unpaired) electrons. The van der Waals surface area contributed by atoms with Gasteiger partial charge < -0.3 is 19.9 Å². The molecule has 0 aliphatic carbocycles. The van der Waals surface area contributed by atoms with Crippen LogP contribution in [0, 0.1) is 0 Å². The lowest BCUT2D eigenvalue weighted by Gasteiger charge is -2.09. The minimum atomic E-state index is -0.630. The highest BCUT2D eigenvalue weighted by atomic mass is 16.5. The van der Waals surface area contributed by atoms with E-state index in [1.165, 1.54) is 12.1 Å². The number of ether oxygens (including phenoxy) is 2. The molecule has 6 heteroatoms. The molecule has 2 N–H and O–H groups in total. The molecule has 0 atom stereocenters. The molecule has 1 amide bonds. The Hall–Kier alpha value is -3.80. The number of carbonyl (C=O) groups excluding carboxylic acids is 2. The summed E-state index contributed by atoms with van der Waals surface area (Å²) in [4.78, 5) is 24.0. The van der Waals surface area contributed by atoms with Gasteiger partial charge in [0.2, 0.25) is 0 Å². The Bertz CT molecular complexity index is 923. The van der Waals surface area contributed by atoms with Crippen LogP contribution in [0.3, 0.4) is 0 Å². The molecule has 0 unspecified atom stereocenters. The highest BCUT2D eigenvalue weighted by Crippen LogP contribution is 2.22. The fourth-order valence-corrected chi connectivity index (χ4v) is 2.27. The summed E-state index contributed by atoms with van der Waals surface area (Å²) >= 11 is 0. The Morgan fingerprint density at radius 2 is 1.56 bits per heavy atom. The van der Waals surface area contributed by atoms with Crippen molar-refractivity contribution in [3.05, 3.63) is 84.4 Å². The minimum Gasteiger partial charge on any atom is -0.508 e. The Balaban J connectivity index is 1.55. The summed E-state index contributed by atoms with van der Waals surface area (Å²) in [5, 5.41) is 11.8. The second-order valence-electron chi connectivity index (χ2n) is 5.61. The molecule has 0 heterocycles. The van der Waals surface area contributed by atoms with Gasteiger partial charge in [0.15, 0.2) is 6.61 Å². The van der Waals surface area contributed by atoms with Crippen molar-refractivity contribution in [1.29, 1.82) is 0 Å². The average molecular weight is 363 g/mol. The van der Waals surface area contributed by atoms with E-state index < -0.39 is 18.5 Å². The summed E-state index contributed by atoms with van der Waals surface area (Å²) in [6.07, 6.45) is 0. The van der Waals surface area contributed by atoms with E-state index in [1.54, 1.807) is 48.5 Å². The average Bonchev–Trinajstić information content (AvgIpc) is 2.69. The molecule has 3 aromatic rings. The first-order chi connectivity index (χ1) is 13.1. The summed E-state index contributed by atoms with van der Waals surface area (Å²) in [7, 11) is 0. The Kier molecular flexibility index (Phi) is 5.69. The summed E-state index contributed by atoms with van der Waals surface area (Å²) < 4.78 is 10.7. The molecule has 27 heavy (non-hydrogen) atoms. The molecule has 6 nitrogen and oxygen atoms in total. The van der Waals surface area contributed by atoms with Crippen LogP contribution in [0.25, 0.3) is 0 Å². The van der Waals surface area contributed by atoms with Crippen molar-refractivity contribution in [3.63, 3.8) is 0 Å². The van der Waals surface area contributed by atoms with Gasteiger partial charge >= 0.3 is 5.97 Å². The van der Waals surface area contributed by atoms with Gasteiger partial charge in [0, 0.05) is 5.69 Å². The topological polar surface area (TPSA) is 84.9 Å². The van der Waals surface area contributed by atoms with Gasteiger partial charge in [-0.3, -0.25) is 4.79 Å². The molecule has 0 spiro atoms. The zero-order chi connectivity index (χ0) is 19.1. The standard InChI is InChI=1S/C21H17NO5/c23-17-11-9-16(10-12-17)22-20(24)14-26-21(25)15-5-4-8-19(13-15)27-18-6-2-1-3-7-18/h1-13,23H,14H2,(H,22,24). The van der Waals surface area contributed by atoms with Crippen molar-refractivity contribution in [3.8, 4) is 17.2 Å². The lowest BCUT2D eigenvalue weighted by molar-refractivity contribution is -0.119. The third-order valence-corrected chi connectivity index (χ3v) is 3.53. The van der Waals surface area contributed by atoms with Gasteiger partial charge in [-0.05, 0) is 54.6 Å². The SMILES string of the molecule is O=C(COC(=O)c1cccc(Oc2ccccc2)c1)Nc1ccc(O)cc1. The van der Waals surface area contributed by atoms with Gasteiger partial charge in [-0.1, -0.05) is 24.3 Å². The predicted molar refractivity (Wildman–Crippen MR) is 100.0 cm³/mol. The van der Waals surface area contributed by atoms with Crippen molar-refractivity contribution in [2.75, 3.05) is 11.9 Å². The molecule has 3 rings (SSSR count). The summed E-state index contributed by atoms with van der Waals surface area (Å²) in [6.45, 7) is -0.427. The number of rotatable bonds is 6. The summed E-state index contributed by atoms with van der Waals surface area (Å²) in [5.41, 5.74) is 0.771. The van der Waals surface area contributed by atoms with Gasteiger partial charge in [0.05, 0.1) is 5.56 Å². The van der Waals surface area contributed by atoms with Crippen molar-refractivity contribution >= 4 is 17.6 Å². The normalized spacial score (nSPS) is 10.1. The fourth-order valence-electron chi connectivity index (χ4n) is 2.27. The van der Waals surface area contributed by atoms with E-state index in [-0.39, 0.29) is 11.3 Å². The largest absolute Gasteiger partial charge is 0.508 e. The third kappa shape index (κ3) is 5.34. The van der Waals surface area contributed by atoms with E-state index in [0.29, 0.717) is 17.2 Å². The first-order valence-electron chi connectivity index (χ1n) is 8.19. The molecule has 0 aliphatic rings. The van der Waals surface area contributed by atoms with Gasteiger partial charge in [-0.25, -0.2) is 4.79 Å². The van der Waals surface area contributed by atoms with Crippen LogP contribution in [0.1, 0.15) is 10.4 Å². The minimum absolute atomic E-state index is 0.0945. The number of para-hydroxylation sites is 1. The van der Waals surface area contributed by atoms with Crippen LogP contribution in [-0.4, -0.2) is 23.6 Å². The van der Waals surface area contributed by atoms with Gasteiger partial charge in [-0.2, -0.15) is 0 Å². The number of benzene rings is 3. The lowest BCUT2D eigenvalue weighted by atomic mass is 10.2. The number of nitrogens with one attached hydrogen (secondary N) is 1. The van der Waals surface area contributed by atoms with Gasteiger partial charge in [0.1, 0.15) is 17.2 Å². The molecule has 0 saturated heterocycles. The Morgan fingerprint density at radius 1 is 0.852 bits per heavy atom. The number of anilines is 1. The molecule has 0 aromatic heterocycles. The van der Waals surface area contributed by atoms with Crippen molar-refractivity contribution in [2.24, 2.45) is 0 Å². The zero-order valence-electron chi connectivity index (χ0n) is 14.3. The van der Waals surface area contributed by atoms with E-state index in [2.05, 4.69) is 5.32 Å². The van der Waals surface area contributed by atoms with Crippen molar-refractivity contribution in [1.82, 2.24) is 0 Å². The highest BCUT2D eigenvalue weighted by Gasteiger charge is 2.11. The Morgan fingerprint density at radius 3 is 2.30 bits per heavy atom. The van der Waals surface area contributed by atoms with Crippen LogP contribution in [0.15, 0.2) is 78.9 Å². The van der Waals surface area contributed by atoms with E-state index in [9.17, 15) is 14.7 Å². The molecule has 0 fully saturated rings. The number of phenols is 1. The van der Waals surface area contributed by atoms with Crippen molar-refractivity contribution < 1.29 is 24.2 Å². The van der Waals surface area contributed by atoms with Crippen LogP contribution in [-0.2, 0) is 9.53 Å². The number of carbonyl (C=O) groups is 2. The van der Waals surface area contributed by atoms with E-state index in [1.807, 2.05) is 18.2 Å². The highest BCUT2D eigenvalue weighted by molar-refractivity contribution is 5.95. The monoisotopic (exact) mass is 363 g/mol. The van der Waals surface area contributed by atoms with Gasteiger partial charge in [-0.15, -0.1) is 0 Å². The van der Waals surface area contributed by atoms with Crippen LogP contribution < -0.4 is 10.1 Å². The molecule has 0 aliphatic heterocycles. The molecule has 3 aromatic carbocycles. The lowest BCUT2D eigenvalue weighted by Crippen LogP contribution is -2.20. The number of hydrogen-bond donors (Lipinski definition) is 2. The smallest absolute Gasteiger partial charge is 0.338 e. The zero-order valence-corrected chi connectivity index (χ0v) is 14.3. The van der Waals surface area contributed by atoms with E-state index in [0.717, 1.165) is 0 Å². The van der Waals surface area contributed by atoms with Crippen LogP contribution >= 0.6 is 0 Å². The van der Waals surface area contributed by atoms with Crippen molar-refractivity contribution in [2.45, 2.75) is 0 Å². The molecule has 0 bridgehead atoms. The Labute approximate surface area is 156 Å². The molecule has 0 saturated carbocycles. The first-order valence-corrected chi connectivity index (χ1v) is 8.19. The maximum Gasteiger partial charge on any atom is 0.338 e. The third-order valence-electron chi connectivity index (χ3n) is 3.53.